The van der Waals surface area contributed by atoms with E-state index < -0.39 is 0 Å². The highest BCUT2D eigenvalue weighted by Crippen LogP contribution is 2.45. The summed E-state index contributed by atoms with van der Waals surface area (Å²) in [7, 11) is 0. The zero-order chi connectivity index (χ0) is 14.3. The van der Waals surface area contributed by atoms with Crippen LogP contribution in [-0.2, 0) is 0 Å². The van der Waals surface area contributed by atoms with Gasteiger partial charge in [-0.1, -0.05) is 41.4 Å². The largest absolute Gasteiger partial charge is 0.307 e. The third kappa shape index (κ3) is 2.77. The fraction of sp³-hybridized carbons (Fsp3) is 0.529. The predicted octanol–water partition coefficient (Wildman–Crippen LogP) is 5.24. The van der Waals surface area contributed by atoms with Gasteiger partial charge in [0.15, 0.2) is 0 Å². The van der Waals surface area contributed by atoms with Gasteiger partial charge in [-0.05, 0) is 62.1 Å². The quantitative estimate of drug-likeness (QED) is 0.749. The maximum absolute atomic E-state index is 6.10. The molecule has 5 unspecified atom stereocenters. The third-order valence-electron chi connectivity index (χ3n) is 4.93. The second-order valence-electron chi connectivity index (χ2n) is 6.29. The number of benzene rings is 1. The lowest BCUT2D eigenvalue weighted by Crippen LogP contribution is -2.37. The first kappa shape index (κ1) is 14.4. The van der Waals surface area contributed by atoms with Crippen LogP contribution in [0.15, 0.2) is 30.4 Å². The van der Waals surface area contributed by atoms with Crippen molar-refractivity contribution in [1.82, 2.24) is 5.32 Å². The Kier molecular flexibility index (Phi) is 4.12. The van der Waals surface area contributed by atoms with Gasteiger partial charge in [0.25, 0.3) is 0 Å². The molecule has 20 heavy (non-hydrogen) atoms. The van der Waals surface area contributed by atoms with Gasteiger partial charge < -0.3 is 5.32 Å². The third-order valence-corrected chi connectivity index (χ3v) is 5.67. The number of nitrogens with one attached hydrogen (secondary N) is 1. The van der Waals surface area contributed by atoms with Crippen LogP contribution in [0.2, 0.25) is 10.0 Å². The zero-order valence-electron chi connectivity index (χ0n) is 11.9. The van der Waals surface area contributed by atoms with E-state index in [0.29, 0.717) is 22.1 Å². The second kappa shape index (κ2) is 5.71. The lowest BCUT2D eigenvalue weighted by atomic mass is 9.87. The van der Waals surface area contributed by atoms with E-state index in [9.17, 15) is 0 Å². The molecule has 2 bridgehead atoms. The van der Waals surface area contributed by atoms with Crippen molar-refractivity contribution >= 4 is 23.2 Å². The summed E-state index contributed by atoms with van der Waals surface area (Å²) in [6.45, 7) is 4.51. The maximum Gasteiger partial charge on any atom is 0.0595 e. The van der Waals surface area contributed by atoms with E-state index >= 15 is 0 Å². The summed E-state index contributed by atoms with van der Waals surface area (Å²) in [5.41, 5.74) is 1.20. The van der Waals surface area contributed by atoms with Crippen molar-refractivity contribution < 1.29 is 0 Å². The minimum atomic E-state index is 0.294. The van der Waals surface area contributed by atoms with Crippen LogP contribution >= 0.6 is 23.2 Å². The second-order valence-corrected chi connectivity index (χ2v) is 7.11. The summed E-state index contributed by atoms with van der Waals surface area (Å²) < 4.78 is 0. The smallest absolute Gasteiger partial charge is 0.0595 e. The van der Waals surface area contributed by atoms with Crippen LogP contribution in [0.5, 0.6) is 0 Å². The van der Waals surface area contributed by atoms with Crippen molar-refractivity contribution in [2.45, 2.75) is 38.8 Å². The number of hydrogen-bond donors (Lipinski definition) is 1. The van der Waals surface area contributed by atoms with Gasteiger partial charge in [-0.25, -0.2) is 0 Å². The molecule has 1 fully saturated rings. The topological polar surface area (TPSA) is 12.0 Å². The summed E-state index contributed by atoms with van der Waals surface area (Å²) in [5, 5.41) is 4.99. The molecule has 3 heteroatoms. The summed E-state index contributed by atoms with van der Waals surface area (Å²) in [4.78, 5) is 0. The van der Waals surface area contributed by atoms with Crippen LogP contribution in [0.4, 0.5) is 0 Å². The van der Waals surface area contributed by atoms with E-state index in [4.69, 9.17) is 23.2 Å². The zero-order valence-corrected chi connectivity index (χ0v) is 13.5. The molecule has 1 nitrogen and oxygen atoms in total. The van der Waals surface area contributed by atoms with Crippen molar-refractivity contribution in [2.75, 3.05) is 0 Å². The van der Waals surface area contributed by atoms with Gasteiger partial charge >= 0.3 is 0 Å². The van der Waals surface area contributed by atoms with Gasteiger partial charge in [0.05, 0.1) is 10.0 Å². The Morgan fingerprint density at radius 3 is 2.50 bits per heavy atom. The van der Waals surface area contributed by atoms with E-state index in [1.807, 2.05) is 12.1 Å². The first-order valence-electron chi connectivity index (χ1n) is 7.44. The van der Waals surface area contributed by atoms with E-state index in [0.717, 1.165) is 17.8 Å². The Hall–Kier alpha value is -0.500. The van der Waals surface area contributed by atoms with Crippen LogP contribution in [0, 0.1) is 17.8 Å². The molecule has 5 atom stereocenters. The molecule has 1 aromatic carbocycles. The van der Waals surface area contributed by atoms with Gasteiger partial charge in [0.2, 0.25) is 0 Å². The summed E-state index contributed by atoms with van der Waals surface area (Å²) in [6, 6.07) is 6.72. The number of hydrogen-bond acceptors (Lipinski definition) is 1. The molecule has 0 saturated heterocycles. The molecular formula is C17H21Cl2N. The molecule has 0 aliphatic heterocycles. The molecule has 0 amide bonds. The summed E-state index contributed by atoms with van der Waals surface area (Å²) in [6.07, 6.45) is 7.51. The molecule has 2 aliphatic rings. The number of rotatable bonds is 4. The normalized spacial score (nSPS) is 30.7. The SMILES string of the molecule is CC(NC(C)C1CC2C=CC1C2)c1ccc(Cl)c(Cl)c1. The van der Waals surface area contributed by atoms with E-state index in [2.05, 4.69) is 37.4 Å². The molecule has 1 aromatic rings. The predicted molar refractivity (Wildman–Crippen MR) is 86.3 cm³/mol. The molecular weight excluding hydrogens is 289 g/mol. The van der Waals surface area contributed by atoms with Crippen LogP contribution in [0.25, 0.3) is 0 Å². The Balaban J connectivity index is 1.64. The van der Waals surface area contributed by atoms with Crippen molar-refractivity contribution in [3.63, 3.8) is 0 Å². The highest BCUT2D eigenvalue weighted by atomic mass is 35.5. The fourth-order valence-corrected chi connectivity index (χ4v) is 4.10. The standard InChI is InChI=1S/C17H21Cl2N/c1-10(13-5-6-16(18)17(19)9-13)20-11(2)15-8-12-3-4-14(15)7-12/h3-6,9-12,14-15,20H,7-8H2,1-2H3. The molecule has 1 N–H and O–H groups in total. The summed E-state index contributed by atoms with van der Waals surface area (Å²) >= 11 is 12.1. The van der Waals surface area contributed by atoms with Crippen LogP contribution in [0.1, 0.15) is 38.3 Å². The lowest BCUT2D eigenvalue weighted by Gasteiger charge is -2.29. The van der Waals surface area contributed by atoms with Gasteiger partial charge in [-0.3, -0.25) is 0 Å². The van der Waals surface area contributed by atoms with E-state index in [1.165, 1.54) is 18.4 Å². The molecule has 3 rings (SSSR count). The molecule has 0 spiro atoms. The monoisotopic (exact) mass is 309 g/mol. The number of allylic oxidation sites excluding steroid dienone is 2. The molecule has 108 valence electrons. The Labute approximate surface area is 131 Å². The average molecular weight is 310 g/mol. The lowest BCUT2D eigenvalue weighted by molar-refractivity contribution is 0.307. The molecule has 0 heterocycles. The van der Waals surface area contributed by atoms with Gasteiger partial charge in [0, 0.05) is 12.1 Å². The van der Waals surface area contributed by atoms with Gasteiger partial charge in [-0.15, -0.1) is 0 Å². The van der Waals surface area contributed by atoms with Crippen LogP contribution in [-0.4, -0.2) is 6.04 Å². The Bertz CT molecular complexity index is 526. The Morgan fingerprint density at radius 2 is 1.90 bits per heavy atom. The number of fused-ring (bicyclic) bond motifs is 2. The minimum Gasteiger partial charge on any atom is -0.307 e. The van der Waals surface area contributed by atoms with Gasteiger partial charge in [-0.2, -0.15) is 0 Å². The van der Waals surface area contributed by atoms with Crippen molar-refractivity contribution in [3.05, 3.63) is 46.0 Å². The highest BCUT2D eigenvalue weighted by Gasteiger charge is 2.38. The van der Waals surface area contributed by atoms with Crippen LogP contribution < -0.4 is 5.32 Å². The highest BCUT2D eigenvalue weighted by molar-refractivity contribution is 6.42. The Morgan fingerprint density at radius 1 is 1.10 bits per heavy atom. The van der Waals surface area contributed by atoms with E-state index in [-0.39, 0.29) is 0 Å². The maximum atomic E-state index is 6.10. The first-order valence-corrected chi connectivity index (χ1v) is 8.19. The molecule has 2 aliphatic carbocycles. The van der Waals surface area contributed by atoms with Crippen molar-refractivity contribution in [1.29, 1.82) is 0 Å². The minimum absolute atomic E-state index is 0.294. The van der Waals surface area contributed by atoms with Crippen molar-refractivity contribution in [3.8, 4) is 0 Å². The fourth-order valence-electron chi connectivity index (χ4n) is 3.79. The summed E-state index contributed by atoms with van der Waals surface area (Å²) in [5.74, 6) is 2.38. The first-order chi connectivity index (χ1) is 9.54. The molecule has 0 aromatic heterocycles. The van der Waals surface area contributed by atoms with E-state index in [1.54, 1.807) is 0 Å². The molecule has 1 saturated carbocycles. The number of halogens is 2. The van der Waals surface area contributed by atoms with Crippen LogP contribution in [0.3, 0.4) is 0 Å². The average Bonchev–Trinajstić information content (AvgIpc) is 3.04. The van der Waals surface area contributed by atoms with Crippen molar-refractivity contribution in [2.24, 2.45) is 17.8 Å². The molecule has 0 radical (unpaired) electrons. The van der Waals surface area contributed by atoms with Gasteiger partial charge in [0.1, 0.15) is 0 Å².